The van der Waals surface area contributed by atoms with Gasteiger partial charge in [-0.25, -0.2) is 9.78 Å². The van der Waals surface area contributed by atoms with Crippen LogP contribution < -0.4 is 5.32 Å². The molecule has 0 atom stereocenters. The number of carbonyl (C=O) groups excluding carboxylic acids is 1. The quantitative estimate of drug-likeness (QED) is 0.791. The minimum absolute atomic E-state index is 0.343. The molecule has 1 aliphatic rings. The average Bonchev–Trinajstić information content (AvgIpc) is 3.22. The number of nitrogens with zero attached hydrogens (tertiary/aromatic N) is 2. The Morgan fingerprint density at radius 3 is 2.84 bits per heavy atom. The van der Waals surface area contributed by atoms with E-state index in [1.807, 2.05) is 13.0 Å². The van der Waals surface area contributed by atoms with Crippen LogP contribution in [-0.4, -0.2) is 49.1 Å². The molecule has 0 unspecified atom stereocenters. The Balaban J connectivity index is 1.86. The molecule has 0 aromatic carbocycles. The molecule has 2 rings (SSSR count). The maximum Gasteiger partial charge on any atom is 0.339 e. The Labute approximate surface area is 114 Å². The lowest BCUT2D eigenvalue weighted by molar-refractivity contribution is 0.0599. The Morgan fingerprint density at radius 1 is 1.53 bits per heavy atom. The second kappa shape index (κ2) is 6.02. The predicted molar refractivity (Wildman–Crippen MR) is 74.5 cm³/mol. The van der Waals surface area contributed by atoms with Gasteiger partial charge >= 0.3 is 5.97 Å². The summed E-state index contributed by atoms with van der Waals surface area (Å²) in [5.41, 5.74) is 1.20. The second-order valence-electron chi connectivity index (χ2n) is 4.96. The molecule has 5 nitrogen and oxygen atoms in total. The van der Waals surface area contributed by atoms with Crippen LogP contribution in [-0.2, 0) is 4.74 Å². The summed E-state index contributed by atoms with van der Waals surface area (Å²) in [6.07, 6.45) is 2.64. The molecule has 1 fully saturated rings. The van der Waals surface area contributed by atoms with E-state index in [2.05, 4.69) is 22.2 Å². The van der Waals surface area contributed by atoms with Gasteiger partial charge in [-0.3, -0.25) is 0 Å². The number of hydrogen-bond acceptors (Lipinski definition) is 5. The van der Waals surface area contributed by atoms with E-state index in [-0.39, 0.29) is 5.97 Å². The number of anilines is 1. The molecule has 1 saturated carbocycles. The summed E-state index contributed by atoms with van der Waals surface area (Å²) < 4.78 is 4.70. The molecular formula is C14H21N3O2. The number of rotatable bonds is 6. The highest BCUT2D eigenvalue weighted by atomic mass is 16.5. The maximum atomic E-state index is 11.4. The maximum absolute atomic E-state index is 11.4. The van der Waals surface area contributed by atoms with Crippen molar-refractivity contribution < 1.29 is 9.53 Å². The first-order valence-electron chi connectivity index (χ1n) is 6.62. The number of likely N-dealkylation sites (N-methyl/N-ethyl adjacent to an activating group) is 1. The van der Waals surface area contributed by atoms with Crippen LogP contribution in [0, 0.1) is 6.92 Å². The van der Waals surface area contributed by atoms with Gasteiger partial charge < -0.3 is 15.0 Å². The van der Waals surface area contributed by atoms with Crippen molar-refractivity contribution in [2.24, 2.45) is 0 Å². The van der Waals surface area contributed by atoms with Crippen LogP contribution in [0.15, 0.2) is 12.1 Å². The van der Waals surface area contributed by atoms with Gasteiger partial charge in [0.1, 0.15) is 5.82 Å². The van der Waals surface area contributed by atoms with Crippen LogP contribution >= 0.6 is 0 Å². The molecule has 104 valence electrons. The molecule has 0 amide bonds. The van der Waals surface area contributed by atoms with Crippen LogP contribution in [0.5, 0.6) is 0 Å². The van der Waals surface area contributed by atoms with Crippen LogP contribution in [0.2, 0.25) is 0 Å². The van der Waals surface area contributed by atoms with Crippen molar-refractivity contribution in [2.75, 3.05) is 32.6 Å². The summed E-state index contributed by atoms with van der Waals surface area (Å²) in [7, 11) is 3.53. The van der Waals surface area contributed by atoms with Crippen LogP contribution in [0.4, 0.5) is 5.82 Å². The first-order chi connectivity index (χ1) is 9.11. The standard InChI is InChI=1S/C14H21N3O2/c1-10-12(14(18)19-3)6-7-13(16-10)15-8-9-17(2)11-4-5-11/h6-7,11H,4-5,8-9H2,1-3H3,(H,15,16). The first kappa shape index (κ1) is 13.8. The highest BCUT2D eigenvalue weighted by Crippen LogP contribution is 2.24. The van der Waals surface area contributed by atoms with Gasteiger partial charge in [-0.05, 0) is 38.9 Å². The largest absolute Gasteiger partial charge is 0.465 e. The van der Waals surface area contributed by atoms with Crippen molar-refractivity contribution in [3.63, 3.8) is 0 Å². The fraction of sp³-hybridized carbons (Fsp3) is 0.571. The summed E-state index contributed by atoms with van der Waals surface area (Å²) in [6.45, 7) is 3.68. The number of ether oxygens (including phenoxy) is 1. The number of carbonyl (C=O) groups is 1. The zero-order valence-electron chi connectivity index (χ0n) is 11.8. The number of nitrogens with one attached hydrogen (secondary N) is 1. The molecule has 1 N–H and O–H groups in total. The number of aryl methyl sites for hydroxylation is 1. The summed E-state index contributed by atoms with van der Waals surface area (Å²) in [4.78, 5) is 18.2. The molecule has 1 aliphatic carbocycles. The molecule has 0 saturated heterocycles. The summed E-state index contributed by atoms with van der Waals surface area (Å²) >= 11 is 0. The lowest BCUT2D eigenvalue weighted by Crippen LogP contribution is -2.27. The SMILES string of the molecule is COC(=O)c1ccc(NCCN(C)C2CC2)nc1C. The highest BCUT2D eigenvalue weighted by molar-refractivity contribution is 5.90. The minimum atomic E-state index is -0.343. The van der Waals surface area contributed by atoms with E-state index in [0.29, 0.717) is 11.3 Å². The van der Waals surface area contributed by atoms with E-state index >= 15 is 0 Å². The van der Waals surface area contributed by atoms with E-state index in [1.165, 1.54) is 20.0 Å². The molecule has 0 aliphatic heterocycles. The van der Waals surface area contributed by atoms with Gasteiger partial charge in [-0.1, -0.05) is 0 Å². The van der Waals surface area contributed by atoms with E-state index in [1.54, 1.807) is 6.07 Å². The third kappa shape index (κ3) is 3.67. The van der Waals surface area contributed by atoms with E-state index in [0.717, 1.165) is 24.9 Å². The van der Waals surface area contributed by atoms with Gasteiger partial charge in [0.15, 0.2) is 0 Å². The minimum Gasteiger partial charge on any atom is -0.465 e. The van der Waals surface area contributed by atoms with Crippen molar-refractivity contribution in [3.05, 3.63) is 23.4 Å². The molecule has 1 heterocycles. The Bertz CT molecular complexity index is 458. The number of pyridine rings is 1. The molecule has 0 spiro atoms. The van der Waals surface area contributed by atoms with Crippen molar-refractivity contribution in [2.45, 2.75) is 25.8 Å². The number of methoxy groups -OCH3 is 1. The molecule has 0 bridgehead atoms. The molecule has 0 radical (unpaired) electrons. The van der Waals surface area contributed by atoms with Crippen LogP contribution in [0.25, 0.3) is 0 Å². The van der Waals surface area contributed by atoms with Gasteiger partial charge in [-0.15, -0.1) is 0 Å². The fourth-order valence-electron chi connectivity index (χ4n) is 2.04. The molecule has 1 aromatic rings. The fourth-order valence-corrected chi connectivity index (χ4v) is 2.04. The Kier molecular flexibility index (Phi) is 4.37. The van der Waals surface area contributed by atoms with E-state index in [9.17, 15) is 4.79 Å². The number of esters is 1. The van der Waals surface area contributed by atoms with E-state index in [4.69, 9.17) is 4.74 Å². The Morgan fingerprint density at radius 2 is 2.26 bits per heavy atom. The summed E-state index contributed by atoms with van der Waals surface area (Å²) in [5.74, 6) is 0.458. The van der Waals surface area contributed by atoms with Gasteiger partial charge in [0, 0.05) is 19.1 Å². The number of aromatic nitrogens is 1. The average molecular weight is 263 g/mol. The molecule has 19 heavy (non-hydrogen) atoms. The van der Waals surface area contributed by atoms with Gasteiger partial charge in [0.2, 0.25) is 0 Å². The lowest BCUT2D eigenvalue weighted by Gasteiger charge is -2.16. The van der Waals surface area contributed by atoms with Crippen LogP contribution in [0.1, 0.15) is 28.9 Å². The Hall–Kier alpha value is -1.62. The van der Waals surface area contributed by atoms with Crippen molar-refractivity contribution >= 4 is 11.8 Å². The summed E-state index contributed by atoms with van der Waals surface area (Å²) in [5, 5.41) is 3.28. The number of hydrogen-bond donors (Lipinski definition) is 1. The third-order valence-electron chi connectivity index (χ3n) is 3.43. The zero-order valence-corrected chi connectivity index (χ0v) is 11.8. The van der Waals surface area contributed by atoms with Gasteiger partial charge in [0.05, 0.1) is 18.4 Å². The lowest BCUT2D eigenvalue weighted by atomic mass is 10.2. The third-order valence-corrected chi connectivity index (χ3v) is 3.43. The molecule has 1 aromatic heterocycles. The zero-order chi connectivity index (χ0) is 13.8. The van der Waals surface area contributed by atoms with Crippen LogP contribution in [0.3, 0.4) is 0 Å². The normalized spacial score (nSPS) is 14.5. The van der Waals surface area contributed by atoms with Crippen molar-refractivity contribution in [3.8, 4) is 0 Å². The van der Waals surface area contributed by atoms with Gasteiger partial charge in [0.25, 0.3) is 0 Å². The van der Waals surface area contributed by atoms with Crippen molar-refractivity contribution in [1.82, 2.24) is 9.88 Å². The molecular weight excluding hydrogens is 242 g/mol. The van der Waals surface area contributed by atoms with Crippen molar-refractivity contribution in [1.29, 1.82) is 0 Å². The first-order valence-corrected chi connectivity index (χ1v) is 6.62. The topological polar surface area (TPSA) is 54.5 Å². The summed E-state index contributed by atoms with van der Waals surface area (Å²) in [6, 6.07) is 4.34. The predicted octanol–water partition coefficient (Wildman–Crippen LogP) is 1.68. The van der Waals surface area contributed by atoms with Gasteiger partial charge in [-0.2, -0.15) is 0 Å². The smallest absolute Gasteiger partial charge is 0.339 e. The highest BCUT2D eigenvalue weighted by Gasteiger charge is 2.25. The second-order valence-corrected chi connectivity index (χ2v) is 4.96. The monoisotopic (exact) mass is 263 g/mol. The molecule has 5 heteroatoms. The van der Waals surface area contributed by atoms with E-state index < -0.39 is 0 Å².